The number of nitrogens with one attached hydrogen (secondary N) is 2. The predicted molar refractivity (Wildman–Crippen MR) is 303 cm³/mol. The molecule has 3 amide bonds. The van der Waals surface area contributed by atoms with Gasteiger partial charge in [-0.25, -0.2) is 28.5 Å². The third-order valence-electron chi connectivity index (χ3n) is 11.7. The Morgan fingerprint density at radius 3 is 1.59 bits per heavy atom. The van der Waals surface area contributed by atoms with Crippen LogP contribution in [0.1, 0.15) is 64.3 Å². The van der Waals surface area contributed by atoms with Crippen molar-refractivity contribution in [3.63, 3.8) is 0 Å². The van der Waals surface area contributed by atoms with E-state index >= 15 is 0 Å². The minimum absolute atomic E-state index is 0.0131. The van der Waals surface area contributed by atoms with Crippen molar-refractivity contribution in [2.45, 2.75) is 70.4 Å². The lowest BCUT2D eigenvalue weighted by molar-refractivity contribution is -0.136. The van der Waals surface area contributed by atoms with Crippen molar-refractivity contribution < 1.29 is 107 Å². The third-order valence-corrected chi connectivity index (χ3v) is 12.6. The molecule has 0 atom stereocenters. The molecule has 486 valence electrons. The minimum atomic E-state index is -5.65. The van der Waals surface area contributed by atoms with Gasteiger partial charge in [0.25, 0.3) is 0 Å². The van der Waals surface area contributed by atoms with Crippen LogP contribution in [0.3, 0.4) is 0 Å². The maximum atomic E-state index is 14.0. The number of hydrogen-bond acceptors (Lipinski definition) is 22. The number of amides is 3. The first-order chi connectivity index (χ1) is 41.9. The number of esters is 1. The largest absolute Gasteiger partial charge is 0.447 e. The summed E-state index contributed by atoms with van der Waals surface area (Å²) in [5.74, 6) is -12.3. The predicted octanol–water partition coefficient (Wildman–Crippen LogP) is 4.65. The first-order valence-corrected chi connectivity index (χ1v) is 29.6. The van der Waals surface area contributed by atoms with Crippen LogP contribution in [0.25, 0.3) is 17.2 Å². The van der Waals surface area contributed by atoms with Gasteiger partial charge < -0.3 is 78.1 Å². The molecule has 0 aliphatic carbocycles. The van der Waals surface area contributed by atoms with Gasteiger partial charge in [-0.05, 0) is 44.4 Å². The van der Waals surface area contributed by atoms with Gasteiger partial charge in [-0.3, -0.25) is 18.9 Å². The number of aliphatic imine (C=N–C) groups is 1. The van der Waals surface area contributed by atoms with Gasteiger partial charge in [0, 0.05) is 61.6 Å². The molecular weight excluding hydrogens is 1180 g/mol. The molecule has 0 fully saturated rings. The Balaban J connectivity index is 0.886. The van der Waals surface area contributed by atoms with Crippen molar-refractivity contribution in [3.8, 4) is 16.9 Å². The number of benzene rings is 2. The maximum absolute atomic E-state index is 14.0. The number of amidine groups is 1. The molecular formula is C56H79F4N7O19S. The highest BCUT2D eigenvalue weighted by Gasteiger charge is 2.34. The zero-order valence-electron chi connectivity index (χ0n) is 49.1. The van der Waals surface area contributed by atoms with Crippen LogP contribution in [0.4, 0.5) is 28.0 Å². The van der Waals surface area contributed by atoms with Gasteiger partial charge in [0.05, 0.1) is 157 Å². The summed E-state index contributed by atoms with van der Waals surface area (Å²) in [6.45, 7) is 12.7. The second kappa shape index (κ2) is 41.7. The van der Waals surface area contributed by atoms with Crippen molar-refractivity contribution >= 4 is 51.6 Å². The van der Waals surface area contributed by atoms with Crippen LogP contribution in [-0.2, 0) is 83.2 Å². The highest BCUT2D eigenvalue weighted by molar-refractivity contribution is 7.85. The molecule has 2 aromatic carbocycles. The average molecular weight is 1260 g/mol. The summed E-state index contributed by atoms with van der Waals surface area (Å²) < 4.78 is 150. The number of rotatable bonds is 46. The molecule has 0 radical (unpaired) electrons. The molecule has 31 heteroatoms. The Bertz CT molecular complexity index is 2740. The van der Waals surface area contributed by atoms with Crippen molar-refractivity contribution in [1.82, 2.24) is 25.5 Å². The molecule has 1 aliphatic rings. The number of fused-ring (bicyclic) bond motifs is 1. The molecule has 0 saturated heterocycles. The van der Waals surface area contributed by atoms with E-state index in [4.69, 9.17) is 62.4 Å². The van der Waals surface area contributed by atoms with Gasteiger partial charge >= 0.3 is 22.2 Å². The molecule has 0 unspecified atom stereocenters. The molecule has 4 rings (SSSR count). The summed E-state index contributed by atoms with van der Waals surface area (Å²) >= 11 is 0. The molecule has 5 N–H and O–H groups in total. The Kier molecular flexibility index (Phi) is 35.1. The molecule has 87 heavy (non-hydrogen) atoms. The Morgan fingerprint density at radius 2 is 1.13 bits per heavy atom. The van der Waals surface area contributed by atoms with Crippen LogP contribution in [0.2, 0.25) is 0 Å². The van der Waals surface area contributed by atoms with E-state index in [1.54, 1.807) is 31.1 Å². The quantitative estimate of drug-likeness (QED) is 0.0149. The smallest absolute Gasteiger partial charge is 0.407 e. The van der Waals surface area contributed by atoms with E-state index in [-0.39, 0.29) is 76.9 Å². The molecule has 3 aromatic rings. The van der Waals surface area contributed by atoms with Crippen LogP contribution >= 0.6 is 0 Å². The van der Waals surface area contributed by atoms with Gasteiger partial charge in [0.15, 0.2) is 16.5 Å². The number of carbonyl (C=O) groups is 4. The SMILES string of the molecule is CCCN(CCCNC(=O)OC(C)C)C(=O)C1=Cc2ccc(-c3cnc(CNC(=O)CCOCCOCCOCCOCCOCCOCCOCCOCCOCCOCCC(=O)Oc4c(F)c(F)c(S(=O)(=O)O)c(F)c4F)nc3)cc2N=C(N)C1. The molecule has 0 saturated carbocycles. The lowest BCUT2D eigenvalue weighted by atomic mass is 10.0. The summed E-state index contributed by atoms with van der Waals surface area (Å²) in [5.41, 5.74) is 9.74. The van der Waals surface area contributed by atoms with E-state index in [9.17, 15) is 45.2 Å². The zero-order chi connectivity index (χ0) is 63.2. The third kappa shape index (κ3) is 29.0. The fourth-order valence-electron chi connectivity index (χ4n) is 7.55. The second-order valence-corrected chi connectivity index (χ2v) is 20.3. The molecule has 26 nitrogen and oxygen atoms in total. The van der Waals surface area contributed by atoms with E-state index < -0.39 is 62.5 Å². The number of hydrogen-bond donors (Lipinski definition) is 4. The van der Waals surface area contributed by atoms with Crippen molar-refractivity contribution in [3.05, 3.63) is 70.8 Å². The first kappa shape index (κ1) is 73.1. The first-order valence-electron chi connectivity index (χ1n) is 28.2. The molecule has 1 aliphatic heterocycles. The number of nitrogens with two attached hydrogens (primary N) is 1. The fourth-order valence-corrected chi connectivity index (χ4v) is 8.18. The van der Waals surface area contributed by atoms with E-state index in [0.717, 1.165) is 23.1 Å². The molecule has 2 heterocycles. The summed E-state index contributed by atoms with van der Waals surface area (Å²) in [5, 5.41) is 5.52. The lowest BCUT2D eigenvalue weighted by Crippen LogP contribution is -2.36. The Hall–Kier alpha value is -6.36. The normalized spacial score (nSPS) is 12.3. The van der Waals surface area contributed by atoms with Gasteiger partial charge in [-0.1, -0.05) is 19.1 Å². The minimum Gasteiger partial charge on any atom is -0.447 e. The van der Waals surface area contributed by atoms with Gasteiger partial charge in [-0.2, -0.15) is 17.2 Å². The number of carbonyl (C=O) groups excluding carboxylic acids is 4. The Morgan fingerprint density at radius 1 is 0.655 bits per heavy atom. The number of halogens is 4. The average Bonchev–Trinajstić information content (AvgIpc) is 3.94. The number of ether oxygens (including phenoxy) is 12. The van der Waals surface area contributed by atoms with Crippen LogP contribution in [0, 0.1) is 23.3 Å². The summed E-state index contributed by atoms with van der Waals surface area (Å²) in [6.07, 6.45) is 5.54. The van der Waals surface area contributed by atoms with Crippen molar-refractivity contribution in [2.75, 3.05) is 152 Å². The second-order valence-electron chi connectivity index (χ2n) is 18.9. The van der Waals surface area contributed by atoms with E-state index in [1.165, 1.54) is 0 Å². The van der Waals surface area contributed by atoms with E-state index in [0.29, 0.717) is 141 Å². The van der Waals surface area contributed by atoms with Gasteiger partial charge in [0.2, 0.25) is 29.2 Å². The number of aromatic nitrogens is 2. The molecule has 0 spiro atoms. The van der Waals surface area contributed by atoms with Crippen molar-refractivity contribution in [1.29, 1.82) is 0 Å². The number of alkyl carbamates (subject to hydrolysis) is 1. The highest BCUT2D eigenvalue weighted by atomic mass is 32.2. The topological polar surface area (TPSA) is 325 Å². The molecule has 1 aromatic heterocycles. The summed E-state index contributed by atoms with van der Waals surface area (Å²) in [4.78, 5) is 62.8. The monoisotopic (exact) mass is 1260 g/mol. The maximum Gasteiger partial charge on any atom is 0.407 e. The summed E-state index contributed by atoms with van der Waals surface area (Å²) in [7, 11) is -5.65. The van der Waals surface area contributed by atoms with Crippen LogP contribution in [-0.4, -0.2) is 215 Å². The van der Waals surface area contributed by atoms with E-state index in [1.807, 2.05) is 31.2 Å². The summed E-state index contributed by atoms with van der Waals surface area (Å²) in [6, 6.07) is 5.64. The van der Waals surface area contributed by atoms with E-state index in [2.05, 4.69) is 30.3 Å². The van der Waals surface area contributed by atoms with Crippen molar-refractivity contribution in [2.24, 2.45) is 10.7 Å². The standard InChI is InChI=1S/C56H79F4N7O19S/c1-4-11-67(12-5-10-62-56(71)85-39(2)3)55(70)42-33-41-7-6-40(34-44(41)66-45(61)35-42)43-36-63-46(64-37-43)38-65-47(68)8-13-75-15-17-77-19-21-79-23-25-81-27-29-83-31-32-84-30-28-82-26-24-80-22-20-78-18-16-76-14-9-48(69)86-53-49(57)51(59)54(87(72,73)74)52(60)50(53)58/h6-7,33-34,36-37,39H,4-5,8-32,35,38H2,1-3H3,(H2,61,66)(H,62,71)(H,65,68)(H,72,73,74). The lowest BCUT2D eigenvalue weighted by Gasteiger charge is -2.23. The Labute approximate surface area is 502 Å². The van der Waals surface area contributed by atoms with Crippen LogP contribution < -0.4 is 21.1 Å². The van der Waals surface area contributed by atoms with Gasteiger partial charge in [-0.15, -0.1) is 0 Å². The van der Waals surface area contributed by atoms with Crippen LogP contribution in [0.15, 0.2) is 46.1 Å². The highest BCUT2D eigenvalue weighted by Crippen LogP contribution is 2.34. The van der Waals surface area contributed by atoms with Gasteiger partial charge in [0.1, 0.15) is 11.7 Å². The molecule has 0 bridgehead atoms. The van der Waals surface area contributed by atoms with Crippen LogP contribution in [0.5, 0.6) is 5.75 Å². The number of nitrogens with zero attached hydrogens (tertiary/aromatic N) is 4. The zero-order valence-corrected chi connectivity index (χ0v) is 49.9. The fraction of sp³-hybridized carbons (Fsp3) is 0.589.